The van der Waals surface area contributed by atoms with Crippen LogP contribution in [0.4, 0.5) is 11.6 Å². The van der Waals surface area contributed by atoms with Crippen LogP contribution in [0.2, 0.25) is 0 Å². The first-order chi connectivity index (χ1) is 7.56. The van der Waals surface area contributed by atoms with Crippen LogP contribution in [-0.2, 0) is 0 Å². The lowest BCUT2D eigenvalue weighted by atomic mass is 9.97. The van der Waals surface area contributed by atoms with Gasteiger partial charge in [0.05, 0.1) is 6.10 Å². The van der Waals surface area contributed by atoms with Crippen molar-refractivity contribution in [3.63, 3.8) is 0 Å². The third-order valence-corrected chi connectivity index (χ3v) is 3.03. The quantitative estimate of drug-likeness (QED) is 0.726. The molecule has 0 spiro atoms. The Balaban J connectivity index is 2.18. The number of hydrogen-bond donors (Lipinski definition) is 2. The van der Waals surface area contributed by atoms with Gasteiger partial charge in [0.1, 0.15) is 17.5 Å². The van der Waals surface area contributed by atoms with Crippen molar-refractivity contribution in [3.05, 3.63) is 11.9 Å². The number of anilines is 2. The number of aliphatic hydroxyl groups is 1. The minimum Gasteiger partial charge on any atom is -0.393 e. The molecule has 1 aliphatic heterocycles. The number of aliphatic hydroxyl groups excluding tert-OH is 1. The van der Waals surface area contributed by atoms with Gasteiger partial charge in [-0.15, -0.1) is 0 Å². The maximum atomic E-state index is 9.67. The molecule has 2 atom stereocenters. The number of rotatable bonds is 1. The zero-order valence-corrected chi connectivity index (χ0v) is 9.72. The molecule has 1 aromatic rings. The third kappa shape index (κ3) is 2.24. The molecular formula is C11H18N4O. The number of nitrogens with zero attached hydrogens (tertiary/aromatic N) is 3. The molecule has 16 heavy (non-hydrogen) atoms. The van der Waals surface area contributed by atoms with Crippen LogP contribution < -0.4 is 10.6 Å². The number of hydrogen-bond acceptors (Lipinski definition) is 5. The van der Waals surface area contributed by atoms with Gasteiger partial charge in [0, 0.05) is 19.2 Å². The van der Waals surface area contributed by atoms with Gasteiger partial charge in [0.2, 0.25) is 0 Å². The van der Waals surface area contributed by atoms with Crippen LogP contribution in [0, 0.1) is 12.8 Å². The highest BCUT2D eigenvalue weighted by molar-refractivity contribution is 5.47. The molecule has 2 unspecified atom stereocenters. The summed E-state index contributed by atoms with van der Waals surface area (Å²) in [5, 5.41) is 9.67. The largest absolute Gasteiger partial charge is 0.393 e. The van der Waals surface area contributed by atoms with E-state index in [9.17, 15) is 5.11 Å². The summed E-state index contributed by atoms with van der Waals surface area (Å²) in [4.78, 5) is 10.6. The van der Waals surface area contributed by atoms with E-state index in [-0.39, 0.29) is 12.0 Å². The molecule has 0 bridgehead atoms. The van der Waals surface area contributed by atoms with E-state index in [1.165, 1.54) is 0 Å². The van der Waals surface area contributed by atoms with Crippen molar-refractivity contribution in [3.8, 4) is 0 Å². The zero-order valence-electron chi connectivity index (χ0n) is 9.72. The van der Waals surface area contributed by atoms with E-state index >= 15 is 0 Å². The summed E-state index contributed by atoms with van der Waals surface area (Å²) >= 11 is 0. The van der Waals surface area contributed by atoms with Gasteiger partial charge in [0.25, 0.3) is 0 Å². The summed E-state index contributed by atoms with van der Waals surface area (Å²) in [5.41, 5.74) is 5.70. The van der Waals surface area contributed by atoms with E-state index in [0.29, 0.717) is 11.6 Å². The summed E-state index contributed by atoms with van der Waals surface area (Å²) in [6.45, 7) is 5.52. The first-order valence-electron chi connectivity index (χ1n) is 5.60. The number of nitrogen functional groups attached to an aromatic ring is 1. The predicted molar refractivity (Wildman–Crippen MR) is 63.2 cm³/mol. The minimum atomic E-state index is -0.198. The fourth-order valence-corrected chi connectivity index (χ4v) is 2.08. The van der Waals surface area contributed by atoms with Gasteiger partial charge in [-0.3, -0.25) is 0 Å². The Morgan fingerprint density at radius 1 is 1.50 bits per heavy atom. The second kappa shape index (κ2) is 4.25. The summed E-state index contributed by atoms with van der Waals surface area (Å²) in [7, 11) is 0. The molecule has 1 fully saturated rings. The molecule has 3 N–H and O–H groups in total. The second-order valence-corrected chi connectivity index (χ2v) is 4.48. The zero-order chi connectivity index (χ0) is 11.7. The van der Waals surface area contributed by atoms with E-state index in [0.717, 1.165) is 25.3 Å². The average molecular weight is 222 g/mol. The van der Waals surface area contributed by atoms with E-state index in [2.05, 4.69) is 14.9 Å². The van der Waals surface area contributed by atoms with E-state index in [1.807, 2.05) is 13.8 Å². The van der Waals surface area contributed by atoms with Crippen molar-refractivity contribution in [2.24, 2.45) is 5.92 Å². The molecule has 0 aliphatic carbocycles. The smallest absolute Gasteiger partial charge is 0.134 e. The van der Waals surface area contributed by atoms with Crippen LogP contribution in [0.25, 0.3) is 0 Å². The highest BCUT2D eigenvalue weighted by Crippen LogP contribution is 2.22. The highest BCUT2D eigenvalue weighted by atomic mass is 16.3. The Morgan fingerprint density at radius 3 is 2.88 bits per heavy atom. The Labute approximate surface area is 95.3 Å². The molecule has 1 saturated heterocycles. The lowest BCUT2D eigenvalue weighted by Crippen LogP contribution is -2.42. The molecule has 88 valence electrons. The minimum absolute atomic E-state index is 0.198. The van der Waals surface area contributed by atoms with Gasteiger partial charge in [-0.2, -0.15) is 0 Å². The Kier molecular flexibility index (Phi) is 2.96. The number of piperidine rings is 1. The van der Waals surface area contributed by atoms with Gasteiger partial charge in [-0.1, -0.05) is 6.92 Å². The standard InChI is InChI=1S/C11H18N4O/c1-7-6-15(4-3-9(7)16)11-5-10(12)13-8(2)14-11/h5,7,9,16H,3-4,6H2,1-2H3,(H2,12,13,14). The molecule has 1 aromatic heterocycles. The Hall–Kier alpha value is -1.36. The van der Waals surface area contributed by atoms with Gasteiger partial charge in [-0.05, 0) is 19.3 Å². The van der Waals surface area contributed by atoms with Gasteiger partial charge < -0.3 is 15.7 Å². The maximum Gasteiger partial charge on any atom is 0.134 e. The third-order valence-electron chi connectivity index (χ3n) is 3.03. The van der Waals surface area contributed by atoms with Gasteiger partial charge in [0.15, 0.2) is 0 Å². The lowest BCUT2D eigenvalue weighted by Gasteiger charge is -2.35. The predicted octanol–water partition coefficient (Wildman–Crippen LogP) is 0.574. The van der Waals surface area contributed by atoms with Crippen LogP contribution in [0.3, 0.4) is 0 Å². The number of aromatic nitrogens is 2. The lowest BCUT2D eigenvalue weighted by molar-refractivity contribution is 0.0969. The maximum absolute atomic E-state index is 9.67. The molecule has 1 aliphatic rings. The van der Waals surface area contributed by atoms with Crippen molar-refractivity contribution in [2.45, 2.75) is 26.4 Å². The van der Waals surface area contributed by atoms with Gasteiger partial charge in [-0.25, -0.2) is 9.97 Å². The normalized spacial score (nSPS) is 25.8. The average Bonchev–Trinajstić information content (AvgIpc) is 2.20. The Morgan fingerprint density at radius 2 is 2.25 bits per heavy atom. The van der Waals surface area contributed by atoms with Crippen molar-refractivity contribution >= 4 is 11.6 Å². The summed E-state index contributed by atoms with van der Waals surface area (Å²) in [5.74, 6) is 2.32. The first kappa shape index (κ1) is 11.1. The van der Waals surface area contributed by atoms with Gasteiger partial charge >= 0.3 is 0 Å². The van der Waals surface area contributed by atoms with Crippen LogP contribution in [0.15, 0.2) is 6.07 Å². The summed E-state index contributed by atoms with van der Waals surface area (Å²) < 4.78 is 0. The molecule has 2 heterocycles. The highest BCUT2D eigenvalue weighted by Gasteiger charge is 2.25. The topological polar surface area (TPSA) is 75.3 Å². The van der Waals surface area contributed by atoms with Crippen molar-refractivity contribution in [2.75, 3.05) is 23.7 Å². The second-order valence-electron chi connectivity index (χ2n) is 4.48. The van der Waals surface area contributed by atoms with Crippen LogP contribution >= 0.6 is 0 Å². The van der Waals surface area contributed by atoms with Crippen LogP contribution in [-0.4, -0.2) is 34.3 Å². The van der Waals surface area contributed by atoms with E-state index in [1.54, 1.807) is 6.07 Å². The molecule has 0 radical (unpaired) electrons. The monoisotopic (exact) mass is 222 g/mol. The molecule has 0 saturated carbocycles. The fourth-order valence-electron chi connectivity index (χ4n) is 2.08. The van der Waals surface area contributed by atoms with E-state index in [4.69, 9.17) is 5.73 Å². The molecule has 2 rings (SSSR count). The van der Waals surface area contributed by atoms with Crippen molar-refractivity contribution < 1.29 is 5.11 Å². The molecule has 5 nitrogen and oxygen atoms in total. The number of nitrogens with two attached hydrogens (primary N) is 1. The first-order valence-corrected chi connectivity index (χ1v) is 5.60. The fraction of sp³-hybridized carbons (Fsp3) is 0.636. The SMILES string of the molecule is Cc1nc(N)cc(N2CCC(O)C(C)C2)n1. The van der Waals surface area contributed by atoms with Crippen LogP contribution in [0.5, 0.6) is 0 Å². The van der Waals surface area contributed by atoms with Crippen LogP contribution in [0.1, 0.15) is 19.2 Å². The summed E-state index contributed by atoms with van der Waals surface area (Å²) in [6, 6.07) is 1.79. The van der Waals surface area contributed by atoms with Crippen molar-refractivity contribution in [1.82, 2.24) is 9.97 Å². The molecule has 0 amide bonds. The number of aryl methyl sites for hydroxylation is 1. The molecule has 5 heteroatoms. The summed E-state index contributed by atoms with van der Waals surface area (Å²) in [6.07, 6.45) is 0.584. The Bertz CT molecular complexity index is 362. The van der Waals surface area contributed by atoms with Crippen molar-refractivity contribution in [1.29, 1.82) is 0 Å². The molecular weight excluding hydrogens is 204 g/mol. The molecule has 0 aromatic carbocycles. The van der Waals surface area contributed by atoms with E-state index < -0.39 is 0 Å².